The van der Waals surface area contributed by atoms with Crippen molar-refractivity contribution in [3.05, 3.63) is 22.6 Å². The maximum Gasteiger partial charge on any atom is 0.317 e. The standard InChI is InChI=1S/C12H18BrN3O3/c1-3-16(4-2)12(18)15-8-7-14-11(17)9-5-6-10(13)19-9/h5-6H,3-4,7-8H2,1-2H3,(H,14,17)(H,15,18). The van der Waals surface area contributed by atoms with Crippen LogP contribution in [-0.4, -0.2) is 43.0 Å². The van der Waals surface area contributed by atoms with E-state index >= 15 is 0 Å². The van der Waals surface area contributed by atoms with Crippen LogP contribution in [0, 0.1) is 0 Å². The minimum Gasteiger partial charge on any atom is -0.444 e. The summed E-state index contributed by atoms with van der Waals surface area (Å²) >= 11 is 3.12. The SMILES string of the molecule is CCN(CC)C(=O)NCCNC(=O)c1ccc(Br)o1. The largest absolute Gasteiger partial charge is 0.444 e. The van der Waals surface area contributed by atoms with Gasteiger partial charge in [0, 0.05) is 26.2 Å². The normalized spacial score (nSPS) is 10.1. The predicted octanol–water partition coefficient (Wildman–Crippen LogP) is 1.82. The van der Waals surface area contributed by atoms with Gasteiger partial charge in [0.05, 0.1) is 0 Å². The van der Waals surface area contributed by atoms with Crippen molar-refractivity contribution in [2.45, 2.75) is 13.8 Å². The molecule has 2 N–H and O–H groups in total. The first-order valence-electron chi connectivity index (χ1n) is 6.14. The third-order valence-electron chi connectivity index (χ3n) is 2.53. The van der Waals surface area contributed by atoms with Crippen LogP contribution in [0.25, 0.3) is 0 Å². The van der Waals surface area contributed by atoms with E-state index < -0.39 is 0 Å². The lowest BCUT2D eigenvalue weighted by Crippen LogP contribution is -2.42. The number of halogens is 1. The maximum atomic E-state index is 11.6. The molecule has 0 atom stereocenters. The molecule has 0 saturated carbocycles. The number of hydrogen-bond acceptors (Lipinski definition) is 3. The van der Waals surface area contributed by atoms with Crippen molar-refractivity contribution in [3.63, 3.8) is 0 Å². The van der Waals surface area contributed by atoms with Crippen LogP contribution in [0.3, 0.4) is 0 Å². The second kappa shape index (κ2) is 7.83. The molecule has 0 unspecified atom stereocenters. The van der Waals surface area contributed by atoms with Crippen molar-refractivity contribution in [1.82, 2.24) is 15.5 Å². The van der Waals surface area contributed by atoms with Gasteiger partial charge >= 0.3 is 6.03 Å². The first-order chi connectivity index (χ1) is 9.08. The molecule has 0 aliphatic heterocycles. The van der Waals surface area contributed by atoms with Gasteiger partial charge in [0.25, 0.3) is 5.91 Å². The summed E-state index contributed by atoms with van der Waals surface area (Å²) in [6.07, 6.45) is 0. The molecule has 1 aromatic heterocycles. The summed E-state index contributed by atoms with van der Waals surface area (Å²) < 4.78 is 5.61. The summed E-state index contributed by atoms with van der Waals surface area (Å²) in [7, 11) is 0. The Balaban J connectivity index is 2.24. The van der Waals surface area contributed by atoms with Gasteiger partial charge in [-0.2, -0.15) is 0 Å². The summed E-state index contributed by atoms with van der Waals surface area (Å²) in [6.45, 7) is 5.89. The Morgan fingerprint density at radius 1 is 1.21 bits per heavy atom. The summed E-state index contributed by atoms with van der Waals surface area (Å²) in [5, 5.41) is 5.38. The van der Waals surface area contributed by atoms with E-state index in [1.807, 2.05) is 13.8 Å². The first kappa shape index (κ1) is 15.6. The Labute approximate surface area is 120 Å². The van der Waals surface area contributed by atoms with E-state index in [0.29, 0.717) is 30.8 Å². The molecule has 0 radical (unpaired) electrons. The second-order valence-corrected chi connectivity index (χ2v) is 4.55. The van der Waals surface area contributed by atoms with Gasteiger partial charge in [0.2, 0.25) is 0 Å². The molecule has 0 spiro atoms. The minimum atomic E-state index is -0.303. The molecule has 0 aliphatic carbocycles. The van der Waals surface area contributed by atoms with Crippen molar-refractivity contribution in [2.75, 3.05) is 26.2 Å². The number of carbonyl (C=O) groups excluding carboxylic acids is 2. The molecule has 0 aromatic carbocycles. The van der Waals surface area contributed by atoms with E-state index in [1.165, 1.54) is 0 Å². The smallest absolute Gasteiger partial charge is 0.317 e. The molecule has 0 saturated heterocycles. The highest BCUT2D eigenvalue weighted by Crippen LogP contribution is 2.13. The van der Waals surface area contributed by atoms with Crippen molar-refractivity contribution in [2.24, 2.45) is 0 Å². The topological polar surface area (TPSA) is 74.6 Å². The van der Waals surface area contributed by atoms with E-state index in [0.717, 1.165) is 0 Å². The predicted molar refractivity (Wildman–Crippen MR) is 75.1 cm³/mol. The first-order valence-corrected chi connectivity index (χ1v) is 6.94. The zero-order chi connectivity index (χ0) is 14.3. The number of hydrogen-bond donors (Lipinski definition) is 2. The Morgan fingerprint density at radius 2 is 1.84 bits per heavy atom. The van der Waals surface area contributed by atoms with Crippen LogP contribution in [0.4, 0.5) is 4.79 Å². The summed E-state index contributed by atoms with van der Waals surface area (Å²) in [5.74, 6) is -0.0651. The highest BCUT2D eigenvalue weighted by Gasteiger charge is 2.10. The van der Waals surface area contributed by atoms with Crippen molar-refractivity contribution in [1.29, 1.82) is 0 Å². The molecule has 7 heteroatoms. The van der Waals surface area contributed by atoms with Crippen molar-refractivity contribution in [3.8, 4) is 0 Å². The van der Waals surface area contributed by atoms with Gasteiger partial charge in [-0.1, -0.05) is 0 Å². The average Bonchev–Trinajstić information content (AvgIpc) is 2.82. The zero-order valence-electron chi connectivity index (χ0n) is 11.0. The highest BCUT2D eigenvalue weighted by molar-refractivity contribution is 9.10. The van der Waals surface area contributed by atoms with Gasteiger partial charge in [0.15, 0.2) is 10.4 Å². The Kier molecular flexibility index (Phi) is 6.41. The van der Waals surface area contributed by atoms with Crippen LogP contribution in [0.2, 0.25) is 0 Å². The quantitative estimate of drug-likeness (QED) is 0.781. The van der Waals surface area contributed by atoms with Crippen molar-refractivity contribution < 1.29 is 14.0 Å². The van der Waals surface area contributed by atoms with Crippen LogP contribution in [-0.2, 0) is 0 Å². The second-order valence-electron chi connectivity index (χ2n) is 3.76. The zero-order valence-corrected chi connectivity index (χ0v) is 12.6. The van der Waals surface area contributed by atoms with E-state index in [4.69, 9.17) is 4.42 Å². The Morgan fingerprint density at radius 3 is 2.37 bits per heavy atom. The monoisotopic (exact) mass is 331 g/mol. The fourth-order valence-corrected chi connectivity index (χ4v) is 1.80. The number of urea groups is 1. The molecule has 1 aromatic rings. The van der Waals surface area contributed by atoms with Crippen LogP contribution in [0.5, 0.6) is 0 Å². The molecule has 0 aliphatic rings. The fraction of sp³-hybridized carbons (Fsp3) is 0.500. The van der Waals surface area contributed by atoms with E-state index in [9.17, 15) is 9.59 Å². The lowest BCUT2D eigenvalue weighted by molar-refractivity contribution is 0.0924. The number of carbonyl (C=O) groups is 2. The lowest BCUT2D eigenvalue weighted by atomic mass is 10.4. The minimum absolute atomic E-state index is 0.125. The molecule has 19 heavy (non-hydrogen) atoms. The Hall–Kier alpha value is -1.50. The van der Waals surface area contributed by atoms with E-state index in [-0.39, 0.29) is 17.7 Å². The molecular weight excluding hydrogens is 314 g/mol. The van der Waals surface area contributed by atoms with Crippen molar-refractivity contribution >= 4 is 27.9 Å². The molecule has 1 rings (SSSR count). The fourth-order valence-electron chi connectivity index (χ4n) is 1.49. The Bertz CT molecular complexity index is 430. The van der Waals surface area contributed by atoms with Crippen LogP contribution >= 0.6 is 15.9 Å². The van der Waals surface area contributed by atoms with Crippen LogP contribution < -0.4 is 10.6 Å². The van der Waals surface area contributed by atoms with E-state index in [2.05, 4.69) is 26.6 Å². The molecule has 6 nitrogen and oxygen atoms in total. The molecule has 0 fully saturated rings. The number of nitrogens with zero attached hydrogens (tertiary/aromatic N) is 1. The van der Waals surface area contributed by atoms with Crippen LogP contribution in [0.15, 0.2) is 21.2 Å². The maximum absolute atomic E-state index is 11.6. The number of furan rings is 1. The van der Waals surface area contributed by atoms with Gasteiger partial charge in [-0.3, -0.25) is 4.79 Å². The van der Waals surface area contributed by atoms with Gasteiger partial charge in [0.1, 0.15) is 0 Å². The lowest BCUT2D eigenvalue weighted by Gasteiger charge is -2.19. The molecule has 0 bridgehead atoms. The third-order valence-corrected chi connectivity index (χ3v) is 2.96. The number of nitrogens with one attached hydrogen (secondary N) is 2. The number of rotatable bonds is 6. The molecule has 3 amide bonds. The highest BCUT2D eigenvalue weighted by atomic mass is 79.9. The molecule has 106 valence electrons. The van der Waals surface area contributed by atoms with Crippen LogP contribution in [0.1, 0.15) is 24.4 Å². The van der Waals surface area contributed by atoms with Gasteiger partial charge < -0.3 is 20.0 Å². The molecular formula is C12H18BrN3O3. The number of amides is 3. The van der Waals surface area contributed by atoms with Gasteiger partial charge in [-0.15, -0.1) is 0 Å². The van der Waals surface area contributed by atoms with Gasteiger partial charge in [-0.05, 0) is 41.9 Å². The average molecular weight is 332 g/mol. The summed E-state index contributed by atoms with van der Waals surface area (Å²) in [6, 6.07) is 3.10. The van der Waals surface area contributed by atoms with E-state index in [1.54, 1.807) is 17.0 Å². The summed E-state index contributed by atoms with van der Waals surface area (Å²) in [4.78, 5) is 24.9. The van der Waals surface area contributed by atoms with Gasteiger partial charge in [-0.25, -0.2) is 4.79 Å². The molecule has 1 heterocycles. The third kappa shape index (κ3) is 4.94. The summed E-state index contributed by atoms with van der Waals surface area (Å²) in [5.41, 5.74) is 0.